The molecule has 0 bridgehead atoms. The summed E-state index contributed by atoms with van der Waals surface area (Å²) in [6, 6.07) is 5.92. The predicted molar refractivity (Wildman–Crippen MR) is 47.0 cm³/mol. The summed E-state index contributed by atoms with van der Waals surface area (Å²) < 4.78 is 4.75. The first-order valence-electron chi connectivity index (χ1n) is 3.86. The lowest BCUT2D eigenvalue weighted by Crippen LogP contribution is -2.18. The lowest BCUT2D eigenvalue weighted by atomic mass is 10.2. The second-order valence-corrected chi connectivity index (χ2v) is 2.56. The third kappa shape index (κ3) is 2.56. The average molecular weight is 195 g/mol. The fourth-order valence-electron chi connectivity index (χ4n) is 0.931. The summed E-state index contributed by atoms with van der Waals surface area (Å²) in [6.45, 7) is 1.26. The molecule has 5 nitrogen and oxygen atoms in total. The molecule has 1 aromatic rings. The smallest absolute Gasteiger partial charge is 0.308 e. The van der Waals surface area contributed by atoms with Crippen molar-refractivity contribution in [3.63, 3.8) is 0 Å². The molecule has 0 saturated carbocycles. The number of benzene rings is 1. The van der Waals surface area contributed by atoms with Gasteiger partial charge in [-0.25, -0.2) is 5.48 Å². The van der Waals surface area contributed by atoms with E-state index in [-0.39, 0.29) is 11.3 Å². The first kappa shape index (κ1) is 10.2. The molecule has 1 aromatic carbocycles. The minimum absolute atomic E-state index is 0.214. The molecule has 0 aliphatic carbocycles. The molecular formula is C9H9NO4. The van der Waals surface area contributed by atoms with Gasteiger partial charge in [-0.1, -0.05) is 6.07 Å². The monoisotopic (exact) mass is 195 g/mol. The van der Waals surface area contributed by atoms with Gasteiger partial charge in [-0.2, -0.15) is 0 Å². The zero-order chi connectivity index (χ0) is 10.6. The molecule has 0 atom stereocenters. The number of rotatable bonds is 2. The summed E-state index contributed by atoms with van der Waals surface area (Å²) in [5.41, 5.74) is 1.70. The van der Waals surface area contributed by atoms with Crippen molar-refractivity contribution < 1.29 is 19.5 Å². The second-order valence-electron chi connectivity index (χ2n) is 2.56. The lowest BCUT2D eigenvalue weighted by molar-refractivity contribution is -0.131. The summed E-state index contributed by atoms with van der Waals surface area (Å²) in [5, 5.41) is 8.35. The zero-order valence-electron chi connectivity index (χ0n) is 7.48. The van der Waals surface area contributed by atoms with Gasteiger partial charge < -0.3 is 4.74 Å². The van der Waals surface area contributed by atoms with Gasteiger partial charge in [0.15, 0.2) is 0 Å². The molecule has 0 aliphatic rings. The second kappa shape index (κ2) is 4.38. The minimum atomic E-state index is -0.654. The van der Waals surface area contributed by atoms with Crippen LogP contribution in [0.1, 0.15) is 17.3 Å². The molecule has 74 valence electrons. The summed E-state index contributed by atoms with van der Waals surface area (Å²) >= 11 is 0. The molecule has 14 heavy (non-hydrogen) atoms. The van der Waals surface area contributed by atoms with E-state index in [0.29, 0.717) is 0 Å². The van der Waals surface area contributed by atoms with Crippen molar-refractivity contribution in [3.8, 4) is 5.75 Å². The average Bonchev–Trinajstić information content (AvgIpc) is 2.16. The number of nitrogens with one attached hydrogen (secondary N) is 1. The standard InChI is InChI=1S/C9H9NO4/c1-6(11)14-8-4-2-3-7(5-8)9(12)10-13/h2-5,13H,1H3,(H,10,12). The highest BCUT2D eigenvalue weighted by Crippen LogP contribution is 2.13. The molecule has 0 spiro atoms. The Morgan fingerprint density at radius 2 is 2.14 bits per heavy atom. The van der Waals surface area contributed by atoms with Crippen molar-refractivity contribution in [2.45, 2.75) is 6.92 Å². The van der Waals surface area contributed by atoms with E-state index in [9.17, 15) is 9.59 Å². The van der Waals surface area contributed by atoms with Gasteiger partial charge in [-0.05, 0) is 18.2 Å². The van der Waals surface area contributed by atoms with Crippen molar-refractivity contribution >= 4 is 11.9 Å². The largest absolute Gasteiger partial charge is 0.427 e. The molecule has 0 heterocycles. The van der Waals surface area contributed by atoms with Gasteiger partial charge in [0.2, 0.25) is 0 Å². The Bertz CT molecular complexity index is 362. The minimum Gasteiger partial charge on any atom is -0.427 e. The Morgan fingerprint density at radius 1 is 1.43 bits per heavy atom. The normalized spacial score (nSPS) is 9.29. The van der Waals surface area contributed by atoms with Gasteiger partial charge in [0.25, 0.3) is 5.91 Å². The Kier molecular flexibility index (Phi) is 3.19. The van der Waals surface area contributed by atoms with Crippen LogP contribution >= 0.6 is 0 Å². The lowest BCUT2D eigenvalue weighted by Gasteiger charge is -2.02. The highest BCUT2D eigenvalue weighted by molar-refractivity contribution is 5.93. The Hall–Kier alpha value is -1.88. The van der Waals surface area contributed by atoms with Crippen molar-refractivity contribution in [2.75, 3.05) is 0 Å². The predicted octanol–water partition coefficient (Wildman–Crippen LogP) is 0.731. The topological polar surface area (TPSA) is 75.6 Å². The first-order chi connectivity index (χ1) is 6.63. The zero-order valence-corrected chi connectivity index (χ0v) is 7.48. The maximum atomic E-state index is 10.9. The molecule has 1 amide bonds. The number of hydrogen-bond acceptors (Lipinski definition) is 4. The van der Waals surface area contributed by atoms with E-state index in [1.54, 1.807) is 6.07 Å². The van der Waals surface area contributed by atoms with E-state index in [1.807, 2.05) is 0 Å². The molecule has 0 saturated heterocycles. The first-order valence-corrected chi connectivity index (χ1v) is 3.86. The quantitative estimate of drug-likeness (QED) is 0.315. The van der Waals surface area contributed by atoms with Crippen LogP contribution in [0.3, 0.4) is 0 Å². The third-order valence-corrected chi connectivity index (χ3v) is 1.46. The molecule has 5 heteroatoms. The molecule has 1 rings (SSSR count). The molecule has 0 aromatic heterocycles. The maximum absolute atomic E-state index is 10.9. The highest BCUT2D eigenvalue weighted by Gasteiger charge is 2.05. The van der Waals surface area contributed by atoms with E-state index in [0.717, 1.165) is 0 Å². The van der Waals surface area contributed by atoms with Crippen LogP contribution in [0.2, 0.25) is 0 Å². The van der Waals surface area contributed by atoms with Gasteiger partial charge in [0, 0.05) is 12.5 Å². The van der Waals surface area contributed by atoms with Gasteiger partial charge in [-0.3, -0.25) is 14.8 Å². The van der Waals surface area contributed by atoms with Crippen LogP contribution in [0, 0.1) is 0 Å². The fraction of sp³-hybridized carbons (Fsp3) is 0.111. The third-order valence-electron chi connectivity index (χ3n) is 1.46. The van der Waals surface area contributed by atoms with Crippen molar-refractivity contribution in [2.24, 2.45) is 0 Å². The van der Waals surface area contributed by atoms with Gasteiger partial charge in [0.05, 0.1) is 0 Å². The van der Waals surface area contributed by atoms with Crippen LogP contribution in [0.25, 0.3) is 0 Å². The number of hydrogen-bond donors (Lipinski definition) is 2. The molecular weight excluding hydrogens is 186 g/mol. The summed E-state index contributed by atoms with van der Waals surface area (Å²) in [6.07, 6.45) is 0. The van der Waals surface area contributed by atoms with Crippen LogP contribution in [0.5, 0.6) is 5.75 Å². The summed E-state index contributed by atoms with van der Waals surface area (Å²) in [5.74, 6) is -0.857. The van der Waals surface area contributed by atoms with E-state index in [1.165, 1.54) is 30.6 Å². The van der Waals surface area contributed by atoms with Crippen LogP contribution in [-0.4, -0.2) is 17.1 Å². The highest BCUT2D eigenvalue weighted by atomic mass is 16.5. The summed E-state index contributed by atoms with van der Waals surface area (Å²) in [4.78, 5) is 21.5. The summed E-state index contributed by atoms with van der Waals surface area (Å²) in [7, 11) is 0. The van der Waals surface area contributed by atoms with Crippen LogP contribution in [-0.2, 0) is 4.79 Å². The number of esters is 1. The van der Waals surface area contributed by atoms with E-state index >= 15 is 0 Å². The Morgan fingerprint density at radius 3 is 2.71 bits per heavy atom. The molecule has 0 fully saturated rings. The van der Waals surface area contributed by atoms with Gasteiger partial charge >= 0.3 is 5.97 Å². The maximum Gasteiger partial charge on any atom is 0.308 e. The SMILES string of the molecule is CC(=O)Oc1cccc(C(=O)NO)c1. The van der Waals surface area contributed by atoms with Gasteiger partial charge in [-0.15, -0.1) is 0 Å². The Balaban J connectivity index is 2.89. The number of carbonyl (C=O) groups excluding carboxylic acids is 2. The number of hydroxylamine groups is 1. The van der Waals surface area contributed by atoms with Gasteiger partial charge in [0.1, 0.15) is 5.75 Å². The van der Waals surface area contributed by atoms with Crippen LogP contribution in [0.15, 0.2) is 24.3 Å². The van der Waals surface area contributed by atoms with Crippen LogP contribution < -0.4 is 10.2 Å². The van der Waals surface area contributed by atoms with E-state index < -0.39 is 11.9 Å². The molecule has 0 unspecified atom stereocenters. The fourth-order valence-corrected chi connectivity index (χ4v) is 0.931. The van der Waals surface area contributed by atoms with Crippen LogP contribution in [0.4, 0.5) is 0 Å². The number of amides is 1. The number of ether oxygens (including phenoxy) is 1. The van der Waals surface area contributed by atoms with E-state index in [2.05, 4.69) is 0 Å². The van der Waals surface area contributed by atoms with Crippen molar-refractivity contribution in [1.29, 1.82) is 0 Å². The van der Waals surface area contributed by atoms with Crippen molar-refractivity contribution in [1.82, 2.24) is 5.48 Å². The molecule has 0 aliphatic heterocycles. The molecule has 2 N–H and O–H groups in total. The van der Waals surface area contributed by atoms with Crippen molar-refractivity contribution in [3.05, 3.63) is 29.8 Å². The van der Waals surface area contributed by atoms with E-state index in [4.69, 9.17) is 9.94 Å². The molecule has 0 radical (unpaired) electrons. The Labute approximate surface area is 80.3 Å². The number of carbonyl (C=O) groups is 2.